The Morgan fingerprint density at radius 3 is 2.79 bits per heavy atom. The molecule has 0 atom stereocenters. The van der Waals surface area contributed by atoms with Crippen molar-refractivity contribution in [2.24, 2.45) is 5.92 Å². The Kier molecular flexibility index (Phi) is 4.86. The number of H-pyrrole nitrogens is 1. The van der Waals surface area contributed by atoms with Gasteiger partial charge in [0.15, 0.2) is 11.5 Å². The van der Waals surface area contributed by atoms with Gasteiger partial charge >= 0.3 is 0 Å². The molecule has 6 rings (SSSR count). The van der Waals surface area contributed by atoms with E-state index < -0.39 is 0 Å². The summed E-state index contributed by atoms with van der Waals surface area (Å²) >= 11 is 0. The minimum atomic E-state index is -0.308. The average molecular weight is 440 g/mol. The number of aromatic nitrogens is 2. The van der Waals surface area contributed by atoms with Crippen molar-refractivity contribution < 1.29 is 14.3 Å². The molecule has 0 unspecified atom stereocenters. The van der Waals surface area contributed by atoms with E-state index in [4.69, 9.17) is 4.74 Å². The molecular weight excluding hydrogens is 414 g/mol. The second kappa shape index (κ2) is 8.03. The fraction of sp³-hybridized carbons (Fsp3) is 0.296. The number of carbonyl (C=O) groups excluding carboxylic acids is 2. The lowest BCUT2D eigenvalue weighted by Crippen LogP contribution is -2.30. The van der Waals surface area contributed by atoms with Crippen molar-refractivity contribution in [3.63, 3.8) is 0 Å². The lowest BCUT2D eigenvalue weighted by Gasteiger charge is -2.26. The first-order valence-electron chi connectivity index (χ1n) is 11.7. The lowest BCUT2D eigenvalue weighted by molar-refractivity contribution is -0.124. The third-order valence-electron chi connectivity index (χ3n) is 7.00. The number of hydrogen-bond donors (Lipinski definition) is 1. The minimum absolute atomic E-state index is 0.0669. The van der Waals surface area contributed by atoms with E-state index in [1.54, 1.807) is 12.3 Å². The number of hydrogen-bond acceptors (Lipinski definition) is 5. The number of Topliss-reactive ketones (excluding diaryl/α,β-unsaturated/α-hetero) is 2. The number of benzene rings is 1. The number of nitrogens with zero attached hydrogens (tertiary/aromatic N) is 2. The maximum absolute atomic E-state index is 13.5. The van der Waals surface area contributed by atoms with Gasteiger partial charge in [-0.1, -0.05) is 30.7 Å². The summed E-state index contributed by atoms with van der Waals surface area (Å²) < 4.78 is 6.22. The van der Waals surface area contributed by atoms with Crippen LogP contribution >= 0.6 is 0 Å². The van der Waals surface area contributed by atoms with Gasteiger partial charge in [-0.3, -0.25) is 9.59 Å². The van der Waals surface area contributed by atoms with Gasteiger partial charge < -0.3 is 14.6 Å². The summed E-state index contributed by atoms with van der Waals surface area (Å²) in [5.74, 6) is 0.187. The molecule has 6 nitrogen and oxygen atoms in total. The van der Waals surface area contributed by atoms with E-state index in [-0.39, 0.29) is 28.8 Å². The highest BCUT2D eigenvalue weighted by molar-refractivity contribution is 6.29. The van der Waals surface area contributed by atoms with Crippen molar-refractivity contribution in [2.75, 3.05) is 6.54 Å². The summed E-state index contributed by atoms with van der Waals surface area (Å²) in [6.07, 6.45) is 9.92. The molecule has 0 bridgehead atoms. The third kappa shape index (κ3) is 3.46. The molecule has 2 aliphatic heterocycles. The van der Waals surface area contributed by atoms with Crippen molar-refractivity contribution in [1.82, 2.24) is 14.9 Å². The van der Waals surface area contributed by atoms with E-state index in [0.717, 1.165) is 55.2 Å². The van der Waals surface area contributed by atoms with Gasteiger partial charge in [-0.15, -0.1) is 0 Å². The summed E-state index contributed by atoms with van der Waals surface area (Å²) in [6, 6.07) is 12.2. The highest BCUT2D eigenvalue weighted by atomic mass is 16.5. The molecule has 1 N–H and O–H groups in total. The number of carbonyl (C=O) groups is 2. The molecule has 2 aromatic heterocycles. The first kappa shape index (κ1) is 20.0. The SMILES string of the molecule is O=C1C(C(=O)C2CCC2)=C(N2CCCc3ccccc3C2)O/C1=C\c1c[nH]c2ncccc12. The van der Waals surface area contributed by atoms with Crippen molar-refractivity contribution in [2.45, 2.75) is 38.6 Å². The highest BCUT2D eigenvalue weighted by Crippen LogP contribution is 2.38. The van der Waals surface area contributed by atoms with Crippen LogP contribution in [0.4, 0.5) is 0 Å². The Hall–Kier alpha value is -3.67. The number of pyridine rings is 1. The molecule has 1 fully saturated rings. The zero-order chi connectivity index (χ0) is 22.4. The predicted octanol–water partition coefficient (Wildman–Crippen LogP) is 4.53. The smallest absolute Gasteiger partial charge is 0.237 e. The first-order valence-corrected chi connectivity index (χ1v) is 11.7. The molecule has 4 heterocycles. The van der Waals surface area contributed by atoms with Crippen LogP contribution in [-0.2, 0) is 27.3 Å². The molecule has 3 aromatic rings. The van der Waals surface area contributed by atoms with E-state index >= 15 is 0 Å². The van der Waals surface area contributed by atoms with Gasteiger partial charge in [0, 0.05) is 42.4 Å². The van der Waals surface area contributed by atoms with E-state index in [9.17, 15) is 9.59 Å². The number of aromatic amines is 1. The van der Waals surface area contributed by atoms with E-state index in [1.165, 1.54) is 11.1 Å². The van der Waals surface area contributed by atoms with Crippen LogP contribution in [-0.4, -0.2) is 33.0 Å². The molecule has 0 radical (unpaired) electrons. The molecule has 1 aliphatic carbocycles. The summed E-state index contributed by atoms with van der Waals surface area (Å²) in [4.78, 5) is 36.4. The van der Waals surface area contributed by atoms with Crippen molar-refractivity contribution in [1.29, 1.82) is 0 Å². The molecule has 166 valence electrons. The van der Waals surface area contributed by atoms with Crippen LogP contribution in [0, 0.1) is 5.92 Å². The van der Waals surface area contributed by atoms with Gasteiger partial charge in [0.1, 0.15) is 11.2 Å². The third-order valence-corrected chi connectivity index (χ3v) is 7.00. The Bertz CT molecular complexity index is 1330. The Morgan fingerprint density at radius 1 is 1.12 bits per heavy atom. The zero-order valence-electron chi connectivity index (χ0n) is 18.3. The fourth-order valence-corrected chi connectivity index (χ4v) is 4.94. The van der Waals surface area contributed by atoms with Gasteiger partial charge in [-0.2, -0.15) is 0 Å². The molecule has 3 aliphatic rings. The minimum Gasteiger partial charge on any atom is -0.436 e. The quantitative estimate of drug-likeness (QED) is 0.477. The monoisotopic (exact) mass is 439 g/mol. The van der Waals surface area contributed by atoms with Crippen LogP contribution < -0.4 is 0 Å². The number of fused-ring (bicyclic) bond motifs is 2. The van der Waals surface area contributed by atoms with Crippen LogP contribution in [0.2, 0.25) is 0 Å². The summed E-state index contributed by atoms with van der Waals surface area (Å²) in [5.41, 5.74) is 4.33. The molecule has 0 saturated heterocycles. The van der Waals surface area contributed by atoms with E-state index in [0.29, 0.717) is 12.4 Å². The molecule has 0 spiro atoms. The van der Waals surface area contributed by atoms with Gasteiger partial charge in [0.25, 0.3) is 0 Å². The maximum atomic E-state index is 13.5. The number of rotatable bonds is 4. The summed E-state index contributed by atoms with van der Waals surface area (Å²) in [5, 5.41) is 0.908. The molecular formula is C27H25N3O3. The summed E-state index contributed by atoms with van der Waals surface area (Å²) in [7, 11) is 0. The lowest BCUT2D eigenvalue weighted by atomic mass is 9.79. The van der Waals surface area contributed by atoms with E-state index in [2.05, 4.69) is 33.1 Å². The highest BCUT2D eigenvalue weighted by Gasteiger charge is 2.42. The predicted molar refractivity (Wildman–Crippen MR) is 125 cm³/mol. The van der Waals surface area contributed by atoms with Crippen molar-refractivity contribution in [3.05, 3.63) is 82.7 Å². The van der Waals surface area contributed by atoms with Crippen LogP contribution in [0.5, 0.6) is 0 Å². The largest absolute Gasteiger partial charge is 0.436 e. The van der Waals surface area contributed by atoms with Gasteiger partial charge in [-0.05, 0) is 55.0 Å². The normalized spacial score (nSPS) is 20.1. The van der Waals surface area contributed by atoms with Crippen LogP contribution in [0.1, 0.15) is 42.4 Å². The molecule has 33 heavy (non-hydrogen) atoms. The van der Waals surface area contributed by atoms with Crippen LogP contribution in [0.15, 0.2) is 66.0 Å². The average Bonchev–Trinajstić information content (AvgIpc) is 3.25. The molecule has 0 amide bonds. The van der Waals surface area contributed by atoms with Crippen LogP contribution in [0.3, 0.4) is 0 Å². The standard InChI is InChI=1S/C27H25N3O3/c31-24(18-8-3-9-18)23-25(32)22(14-20-15-29-26-21(20)11-4-12-28-26)33-27(23)30-13-5-10-17-6-1-2-7-19(17)16-30/h1-2,4,6-7,11-12,14-15,18H,3,5,8-10,13,16H2,(H,28,29)/b22-14-. The van der Waals surface area contributed by atoms with Crippen LogP contribution in [0.25, 0.3) is 17.1 Å². The number of nitrogens with one attached hydrogen (secondary N) is 1. The second-order valence-electron chi connectivity index (χ2n) is 9.05. The fourth-order valence-electron chi connectivity index (χ4n) is 4.94. The second-order valence-corrected chi connectivity index (χ2v) is 9.05. The van der Waals surface area contributed by atoms with E-state index in [1.807, 2.05) is 24.4 Å². The van der Waals surface area contributed by atoms with Gasteiger partial charge in [0.2, 0.25) is 11.7 Å². The molecule has 1 saturated carbocycles. The first-order chi connectivity index (χ1) is 16.2. The number of allylic oxidation sites excluding steroid dienone is 1. The topological polar surface area (TPSA) is 75.3 Å². The Morgan fingerprint density at radius 2 is 1.97 bits per heavy atom. The van der Waals surface area contributed by atoms with Gasteiger partial charge in [0.05, 0.1) is 0 Å². The Balaban J connectivity index is 1.39. The summed E-state index contributed by atoms with van der Waals surface area (Å²) in [6.45, 7) is 1.37. The maximum Gasteiger partial charge on any atom is 0.237 e. The number of ketones is 2. The zero-order valence-corrected chi connectivity index (χ0v) is 18.3. The van der Waals surface area contributed by atoms with Crippen molar-refractivity contribution in [3.8, 4) is 0 Å². The number of aryl methyl sites for hydroxylation is 1. The van der Waals surface area contributed by atoms with Crippen molar-refractivity contribution >= 4 is 28.7 Å². The van der Waals surface area contributed by atoms with Gasteiger partial charge in [-0.25, -0.2) is 4.98 Å². The molecule has 1 aromatic carbocycles. The Labute approximate surface area is 192 Å². The number of ether oxygens (including phenoxy) is 1. The molecule has 6 heteroatoms.